The van der Waals surface area contributed by atoms with Crippen LogP contribution in [0, 0.1) is 0 Å². The second-order valence-electron chi connectivity index (χ2n) is 5.45. The Morgan fingerprint density at radius 1 is 1.20 bits per heavy atom. The van der Waals surface area contributed by atoms with Gasteiger partial charge >= 0.3 is 6.18 Å². The zero-order valence-corrected chi connectivity index (χ0v) is 12.4. The number of hydrogen-bond donors (Lipinski definition) is 1. The molecule has 0 heterocycles. The molecule has 4 heteroatoms. The van der Waals surface area contributed by atoms with E-state index >= 15 is 0 Å². The minimum atomic E-state index is -4.22. The van der Waals surface area contributed by atoms with E-state index in [9.17, 15) is 13.2 Å². The standard InChI is InChI=1S/C16H24F3N/c1-4-12-7-5-8-13(15(12)11(2)3)14(9-6-10-20)16(17,18)19/h5,7-8,11,14H,4,6,9-10,20H2,1-3H3. The highest BCUT2D eigenvalue weighted by Gasteiger charge is 2.41. The second kappa shape index (κ2) is 7.11. The van der Waals surface area contributed by atoms with Crippen LogP contribution in [0.1, 0.15) is 62.1 Å². The first kappa shape index (κ1) is 17.0. The number of halogens is 3. The second-order valence-corrected chi connectivity index (χ2v) is 5.45. The van der Waals surface area contributed by atoms with E-state index in [0.29, 0.717) is 12.0 Å². The fourth-order valence-electron chi connectivity index (χ4n) is 2.77. The van der Waals surface area contributed by atoms with Gasteiger partial charge in [-0.05, 0) is 48.4 Å². The van der Waals surface area contributed by atoms with Crippen molar-refractivity contribution in [2.24, 2.45) is 5.73 Å². The fourth-order valence-corrected chi connectivity index (χ4v) is 2.77. The van der Waals surface area contributed by atoms with Crippen molar-refractivity contribution in [2.75, 3.05) is 6.54 Å². The summed E-state index contributed by atoms with van der Waals surface area (Å²) >= 11 is 0. The first-order chi connectivity index (χ1) is 9.32. The third kappa shape index (κ3) is 3.98. The molecule has 20 heavy (non-hydrogen) atoms. The minimum Gasteiger partial charge on any atom is -0.330 e. The number of rotatable bonds is 6. The van der Waals surface area contributed by atoms with Gasteiger partial charge in [-0.3, -0.25) is 0 Å². The third-order valence-electron chi connectivity index (χ3n) is 3.66. The summed E-state index contributed by atoms with van der Waals surface area (Å²) in [4.78, 5) is 0. The van der Waals surface area contributed by atoms with Gasteiger partial charge in [0.05, 0.1) is 5.92 Å². The average molecular weight is 287 g/mol. The molecule has 114 valence electrons. The molecule has 1 aromatic carbocycles. The summed E-state index contributed by atoms with van der Waals surface area (Å²) in [5.41, 5.74) is 7.68. The largest absolute Gasteiger partial charge is 0.395 e. The molecule has 0 spiro atoms. The van der Waals surface area contributed by atoms with Gasteiger partial charge in [-0.2, -0.15) is 13.2 Å². The van der Waals surface area contributed by atoms with Crippen molar-refractivity contribution >= 4 is 0 Å². The smallest absolute Gasteiger partial charge is 0.330 e. The first-order valence-corrected chi connectivity index (χ1v) is 7.21. The maximum Gasteiger partial charge on any atom is 0.395 e. The Balaban J connectivity index is 3.32. The Bertz CT molecular complexity index is 424. The van der Waals surface area contributed by atoms with Gasteiger partial charge in [0.1, 0.15) is 0 Å². The number of alkyl halides is 3. The molecule has 1 aromatic rings. The van der Waals surface area contributed by atoms with Crippen LogP contribution in [0.4, 0.5) is 13.2 Å². The molecule has 0 aliphatic heterocycles. The SMILES string of the molecule is CCc1cccc(C(CCCN)C(F)(F)F)c1C(C)C. The maximum atomic E-state index is 13.4. The molecule has 0 bridgehead atoms. The van der Waals surface area contributed by atoms with Crippen LogP contribution in [-0.2, 0) is 6.42 Å². The van der Waals surface area contributed by atoms with Gasteiger partial charge in [0.2, 0.25) is 0 Å². The zero-order chi connectivity index (χ0) is 15.3. The van der Waals surface area contributed by atoms with Crippen LogP contribution < -0.4 is 5.73 Å². The highest BCUT2D eigenvalue weighted by Crippen LogP contribution is 2.42. The van der Waals surface area contributed by atoms with Gasteiger partial charge < -0.3 is 5.73 Å². The third-order valence-corrected chi connectivity index (χ3v) is 3.66. The van der Waals surface area contributed by atoms with E-state index < -0.39 is 12.1 Å². The van der Waals surface area contributed by atoms with Crippen LogP contribution >= 0.6 is 0 Å². The summed E-state index contributed by atoms with van der Waals surface area (Å²) in [6, 6.07) is 5.29. The quantitative estimate of drug-likeness (QED) is 0.802. The molecule has 0 fully saturated rings. The van der Waals surface area contributed by atoms with Gasteiger partial charge in [-0.25, -0.2) is 0 Å². The van der Waals surface area contributed by atoms with Gasteiger partial charge in [0.25, 0.3) is 0 Å². The zero-order valence-electron chi connectivity index (χ0n) is 12.4. The Morgan fingerprint density at radius 2 is 1.85 bits per heavy atom. The maximum absolute atomic E-state index is 13.4. The highest BCUT2D eigenvalue weighted by atomic mass is 19.4. The normalized spacial score (nSPS) is 13.8. The summed E-state index contributed by atoms with van der Waals surface area (Å²) in [5.74, 6) is -1.32. The molecule has 2 N–H and O–H groups in total. The molecule has 1 atom stereocenters. The number of hydrogen-bond acceptors (Lipinski definition) is 1. The molecule has 0 aromatic heterocycles. The minimum absolute atomic E-state index is 0.0624. The monoisotopic (exact) mass is 287 g/mol. The lowest BCUT2D eigenvalue weighted by Gasteiger charge is -2.26. The topological polar surface area (TPSA) is 26.0 Å². The van der Waals surface area contributed by atoms with Crippen LogP contribution in [0.2, 0.25) is 0 Å². The summed E-state index contributed by atoms with van der Waals surface area (Å²) in [7, 11) is 0. The van der Waals surface area contributed by atoms with Crippen LogP contribution in [-0.4, -0.2) is 12.7 Å². The molecule has 0 saturated heterocycles. The van der Waals surface area contributed by atoms with E-state index in [-0.39, 0.29) is 18.9 Å². The summed E-state index contributed by atoms with van der Waals surface area (Å²) < 4.78 is 40.1. The molecular formula is C16H24F3N. The van der Waals surface area contributed by atoms with E-state index in [1.54, 1.807) is 12.1 Å². The predicted molar refractivity (Wildman–Crippen MR) is 77.0 cm³/mol. The van der Waals surface area contributed by atoms with Crippen molar-refractivity contribution < 1.29 is 13.2 Å². The van der Waals surface area contributed by atoms with Crippen LogP contribution in [0.3, 0.4) is 0 Å². The summed E-state index contributed by atoms with van der Waals surface area (Å²) in [6.07, 6.45) is -3.01. The lowest BCUT2D eigenvalue weighted by atomic mass is 9.82. The van der Waals surface area contributed by atoms with Crippen LogP contribution in [0.25, 0.3) is 0 Å². The molecule has 0 aliphatic rings. The fraction of sp³-hybridized carbons (Fsp3) is 0.625. The molecule has 1 rings (SSSR count). The Morgan fingerprint density at radius 3 is 2.30 bits per heavy atom. The Hall–Kier alpha value is -1.03. The van der Waals surface area contributed by atoms with Gasteiger partial charge in [-0.15, -0.1) is 0 Å². The van der Waals surface area contributed by atoms with Crippen molar-refractivity contribution in [1.82, 2.24) is 0 Å². The number of benzene rings is 1. The molecule has 0 amide bonds. The van der Waals surface area contributed by atoms with Crippen molar-refractivity contribution in [1.29, 1.82) is 0 Å². The molecule has 1 unspecified atom stereocenters. The van der Waals surface area contributed by atoms with E-state index in [2.05, 4.69) is 0 Å². The number of nitrogens with two attached hydrogens (primary N) is 1. The van der Waals surface area contributed by atoms with Gasteiger partial charge in [-0.1, -0.05) is 39.0 Å². The Kier molecular flexibility index (Phi) is 6.06. The average Bonchev–Trinajstić information content (AvgIpc) is 2.36. The first-order valence-electron chi connectivity index (χ1n) is 7.21. The number of aryl methyl sites for hydroxylation is 1. The summed E-state index contributed by atoms with van der Waals surface area (Å²) in [5, 5.41) is 0. The lowest BCUT2D eigenvalue weighted by Crippen LogP contribution is -2.23. The van der Waals surface area contributed by atoms with Crippen LogP contribution in [0.5, 0.6) is 0 Å². The van der Waals surface area contributed by atoms with Gasteiger partial charge in [0, 0.05) is 0 Å². The van der Waals surface area contributed by atoms with Gasteiger partial charge in [0.15, 0.2) is 0 Å². The van der Waals surface area contributed by atoms with Crippen molar-refractivity contribution in [3.63, 3.8) is 0 Å². The molecule has 0 aliphatic carbocycles. The highest BCUT2D eigenvalue weighted by molar-refractivity contribution is 5.40. The predicted octanol–water partition coefficient (Wildman–Crippen LogP) is 4.76. The van der Waals surface area contributed by atoms with Crippen molar-refractivity contribution in [2.45, 2.75) is 58.0 Å². The van der Waals surface area contributed by atoms with E-state index in [1.807, 2.05) is 26.8 Å². The summed E-state index contributed by atoms with van der Waals surface area (Å²) in [6.45, 7) is 6.17. The van der Waals surface area contributed by atoms with E-state index in [0.717, 1.165) is 17.5 Å². The van der Waals surface area contributed by atoms with Crippen molar-refractivity contribution in [3.8, 4) is 0 Å². The molecule has 1 nitrogen and oxygen atoms in total. The molecule has 0 saturated carbocycles. The van der Waals surface area contributed by atoms with Crippen molar-refractivity contribution in [3.05, 3.63) is 34.9 Å². The molecular weight excluding hydrogens is 263 g/mol. The van der Waals surface area contributed by atoms with E-state index in [4.69, 9.17) is 5.73 Å². The lowest BCUT2D eigenvalue weighted by molar-refractivity contribution is -0.152. The van der Waals surface area contributed by atoms with Crippen LogP contribution in [0.15, 0.2) is 18.2 Å². The molecule has 0 radical (unpaired) electrons. The van der Waals surface area contributed by atoms with E-state index in [1.165, 1.54) is 0 Å². The Labute approximate surface area is 119 Å².